The van der Waals surface area contributed by atoms with Crippen LogP contribution in [-0.2, 0) is 16.1 Å². The monoisotopic (exact) mass is 367 g/mol. The van der Waals surface area contributed by atoms with Crippen molar-refractivity contribution >= 4 is 17.5 Å². The zero-order valence-corrected chi connectivity index (χ0v) is 15.2. The van der Waals surface area contributed by atoms with Gasteiger partial charge < -0.3 is 21.1 Å². The van der Waals surface area contributed by atoms with Crippen LogP contribution in [0.3, 0.4) is 0 Å². The summed E-state index contributed by atoms with van der Waals surface area (Å²) in [6, 6.07) is 17.0. The lowest BCUT2D eigenvalue weighted by molar-refractivity contribution is -0.123. The van der Waals surface area contributed by atoms with Crippen molar-refractivity contribution in [1.82, 2.24) is 5.32 Å². The standard InChI is InChI=1S/C21H25N3O3/c22-21(12-13-21)20(26)23-15-16-8-10-17(11-9-16)24-19(25)7-4-14-27-18-5-2-1-3-6-18/h1-3,5-6,8-11H,4,7,12-15,22H2,(H,23,26)(H,24,25). The minimum Gasteiger partial charge on any atom is -0.494 e. The van der Waals surface area contributed by atoms with Crippen molar-refractivity contribution in [3.05, 3.63) is 60.2 Å². The molecule has 1 aliphatic carbocycles. The molecule has 0 bridgehead atoms. The third-order valence-electron chi connectivity index (χ3n) is 4.49. The molecule has 0 aliphatic heterocycles. The largest absolute Gasteiger partial charge is 0.494 e. The average Bonchev–Trinajstić information content (AvgIpc) is 3.44. The van der Waals surface area contributed by atoms with E-state index in [0.29, 0.717) is 26.0 Å². The van der Waals surface area contributed by atoms with Crippen LogP contribution in [0.15, 0.2) is 54.6 Å². The number of amides is 2. The Morgan fingerprint density at radius 1 is 1.04 bits per heavy atom. The van der Waals surface area contributed by atoms with E-state index in [1.54, 1.807) is 0 Å². The van der Waals surface area contributed by atoms with Crippen LogP contribution in [0.4, 0.5) is 5.69 Å². The first kappa shape index (κ1) is 18.9. The third kappa shape index (κ3) is 5.82. The summed E-state index contributed by atoms with van der Waals surface area (Å²) in [5, 5.41) is 5.71. The Morgan fingerprint density at radius 2 is 1.74 bits per heavy atom. The van der Waals surface area contributed by atoms with E-state index in [0.717, 1.165) is 29.8 Å². The maximum atomic E-state index is 12.0. The summed E-state index contributed by atoms with van der Waals surface area (Å²) in [7, 11) is 0. The van der Waals surface area contributed by atoms with Gasteiger partial charge in [-0.25, -0.2) is 0 Å². The normalized spacial score (nSPS) is 14.3. The van der Waals surface area contributed by atoms with Gasteiger partial charge in [0.15, 0.2) is 0 Å². The number of rotatable bonds is 9. The quantitative estimate of drug-likeness (QED) is 0.594. The zero-order valence-electron chi connectivity index (χ0n) is 15.2. The van der Waals surface area contributed by atoms with E-state index < -0.39 is 5.54 Å². The second-order valence-electron chi connectivity index (χ2n) is 6.85. The molecule has 0 aromatic heterocycles. The zero-order chi connectivity index (χ0) is 19.1. The van der Waals surface area contributed by atoms with E-state index in [4.69, 9.17) is 10.5 Å². The molecule has 1 saturated carbocycles. The van der Waals surface area contributed by atoms with Gasteiger partial charge in [0.1, 0.15) is 5.75 Å². The fourth-order valence-electron chi connectivity index (χ4n) is 2.59. The minimum atomic E-state index is -0.655. The highest BCUT2D eigenvalue weighted by Gasteiger charge is 2.45. The van der Waals surface area contributed by atoms with Gasteiger partial charge in [-0.15, -0.1) is 0 Å². The second-order valence-corrected chi connectivity index (χ2v) is 6.85. The number of carbonyl (C=O) groups excluding carboxylic acids is 2. The lowest BCUT2D eigenvalue weighted by Crippen LogP contribution is -2.42. The number of hydrogen-bond donors (Lipinski definition) is 3. The Bertz CT molecular complexity index is 771. The maximum absolute atomic E-state index is 12.0. The molecule has 1 fully saturated rings. The molecule has 0 radical (unpaired) electrons. The maximum Gasteiger partial charge on any atom is 0.240 e. The van der Waals surface area contributed by atoms with Crippen LogP contribution in [0.5, 0.6) is 5.75 Å². The summed E-state index contributed by atoms with van der Waals surface area (Å²) in [4.78, 5) is 23.8. The molecule has 142 valence electrons. The molecule has 0 unspecified atom stereocenters. The highest BCUT2D eigenvalue weighted by Crippen LogP contribution is 2.32. The number of nitrogens with one attached hydrogen (secondary N) is 2. The molecule has 1 aliphatic rings. The topological polar surface area (TPSA) is 93.5 Å². The van der Waals surface area contributed by atoms with Crippen LogP contribution in [0, 0.1) is 0 Å². The van der Waals surface area contributed by atoms with Crippen LogP contribution in [-0.4, -0.2) is 24.0 Å². The fourth-order valence-corrected chi connectivity index (χ4v) is 2.59. The van der Waals surface area contributed by atoms with Gasteiger partial charge in [-0.1, -0.05) is 30.3 Å². The lowest BCUT2D eigenvalue weighted by atomic mass is 10.2. The number of anilines is 1. The molecule has 4 N–H and O–H groups in total. The Morgan fingerprint density at radius 3 is 2.41 bits per heavy atom. The van der Waals surface area contributed by atoms with Gasteiger partial charge in [0.2, 0.25) is 11.8 Å². The van der Waals surface area contributed by atoms with Crippen molar-refractivity contribution in [2.24, 2.45) is 5.73 Å². The molecule has 2 aromatic rings. The Balaban J connectivity index is 1.34. The van der Waals surface area contributed by atoms with Crippen LogP contribution >= 0.6 is 0 Å². The predicted octanol–water partition coefficient (Wildman–Crippen LogP) is 2.59. The average molecular weight is 367 g/mol. The van der Waals surface area contributed by atoms with E-state index in [9.17, 15) is 9.59 Å². The van der Waals surface area contributed by atoms with Crippen molar-refractivity contribution in [2.45, 2.75) is 37.8 Å². The lowest BCUT2D eigenvalue weighted by Gasteiger charge is -2.11. The molecule has 27 heavy (non-hydrogen) atoms. The highest BCUT2D eigenvalue weighted by molar-refractivity contribution is 5.90. The van der Waals surface area contributed by atoms with Gasteiger partial charge >= 0.3 is 0 Å². The molecule has 6 heteroatoms. The summed E-state index contributed by atoms with van der Waals surface area (Å²) < 4.78 is 5.57. The molecule has 0 saturated heterocycles. The highest BCUT2D eigenvalue weighted by atomic mass is 16.5. The molecule has 0 spiro atoms. The van der Waals surface area contributed by atoms with Gasteiger partial charge in [-0.2, -0.15) is 0 Å². The second kappa shape index (κ2) is 8.68. The van der Waals surface area contributed by atoms with Gasteiger partial charge in [0.25, 0.3) is 0 Å². The van der Waals surface area contributed by atoms with Gasteiger partial charge in [-0.05, 0) is 49.1 Å². The molecule has 2 amide bonds. The summed E-state index contributed by atoms with van der Waals surface area (Å²) in [5.74, 6) is 0.659. The first-order chi connectivity index (χ1) is 13.0. The molecular formula is C21H25N3O3. The van der Waals surface area contributed by atoms with Crippen molar-refractivity contribution in [2.75, 3.05) is 11.9 Å². The number of carbonyl (C=O) groups is 2. The molecule has 3 rings (SSSR count). The van der Waals surface area contributed by atoms with Gasteiger partial charge in [0, 0.05) is 18.7 Å². The van der Waals surface area contributed by atoms with E-state index in [-0.39, 0.29) is 11.8 Å². The molecule has 6 nitrogen and oxygen atoms in total. The van der Waals surface area contributed by atoms with E-state index in [2.05, 4.69) is 10.6 Å². The summed E-state index contributed by atoms with van der Waals surface area (Å²) >= 11 is 0. The minimum absolute atomic E-state index is 0.0495. The number of hydrogen-bond acceptors (Lipinski definition) is 4. The Hall–Kier alpha value is -2.86. The van der Waals surface area contributed by atoms with E-state index in [1.165, 1.54) is 0 Å². The first-order valence-electron chi connectivity index (χ1n) is 9.19. The third-order valence-corrected chi connectivity index (χ3v) is 4.49. The van der Waals surface area contributed by atoms with Crippen molar-refractivity contribution in [3.8, 4) is 5.75 Å². The summed E-state index contributed by atoms with van der Waals surface area (Å²) in [5.41, 5.74) is 6.89. The van der Waals surface area contributed by atoms with Gasteiger partial charge in [-0.3, -0.25) is 9.59 Å². The van der Waals surface area contributed by atoms with Crippen LogP contribution in [0.2, 0.25) is 0 Å². The number of para-hydroxylation sites is 1. The number of benzene rings is 2. The molecule has 0 atom stereocenters. The molecule has 2 aromatic carbocycles. The Kier molecular flexibility index (Phi) is 6.08. The SMILES string of the molecule is NC1(C(=O)NCc2ccc(NC(=O)CCCOc3ccccc3)cc2)CC1. The smallest absolute Gasteiger partial charge is 0.240 e. The predicted molar refractivity (Wildman–Crippen MR) is 104 cm³/mol. The van der Waals surface area contributed by atoms with E-state index in [1.807, 2.05) is 54.6 Å². The van der Waals surface area contributed by atoms with Crippen molar-refractivity contribution in [3.63, 3.8) is 0 Å². The Labute approximate surface area is 159 Å². The van der Waals surface area contributed by atoms with Crippen molar-refractivity contribution < 1.29 is 14.3 Å². The number of ether oxygens (including phenoxy) is 1. The molecule has 0 heterocycles. The van der Waals surface area contributed by atoms with E-state index >= 15 is 0 Å². The summed E-state index contributed by atoms with van der Waals surface area (Å²) in [6.07, 6.45) is 2.54. The van der Waals surface area contributed by atoms with Crippen molar-refractivity contribution in [1.29, 1.82) is 0 Å². The molecular weight excluding hydrogens is 342 g/mol. The van der Waals surface area contributed by atoms with Crippen LogP contribution in [0.25, 0.3) is 0 Å². The number of nitrogens with two attached hydrogens (primary N) is 1. The van der Waals surface area contributed by atoms with Gasteiger partial charge in [0.05, 0.1) is 12.1 Å². The fraction of sp³-hybridized carbons (Fsp3) is 0.333. The van der Waals surface area contributed by atoms with Crippen LogP contribution < -0.4 is 21.1 Å². The van der Waals surface area contributed by atoms with Crippen LogP contribution in [0.1, 0.15) is 31.2 Å². The first-order valence-corrected chi connectivity index (χ1v) is 9.19. The summed E-state index contributed by atoms with van der Waals surface area (Å²) in [6.45, 7) is 0.932.